The fourth-order valence-electron chi connectivity index (χ4n) is 5.29. The first kappa shape index (κ1) is 20.9. The minimum Gasteiger partial charge on any atom is -0.342 e. The van der Waals surface area contributed by atoms with Gasteiger partial charge in [-0.05, 0) is 81.1 Å². The third kappa shape index (κ3) is 4.21. The highest BCUT2D eigenvalue weighted by molar-refractivity contribution is 5.79. The van der Waals surface area contributed by atoms with Crippen LogP contribution in [0.5, 0.6) is 0 Å². The minimum atomic E-state index is -0.0445. The highest BCUT2D eigenvalue weighted by Crippen LogP contribution is 2.28. The molecule has 2 aliphatic heterocycles. The average molecular weight is 434 g/mol. The Morgan fingerprint density at radius 2 is 1.75 bits per heavy atom. The minimum absolute atomic E-state index is 0.0445. The normalized spacial score (nSPS) is 19.0. The number of nitrogens with one attached hydrogen (secondary N) is 1. The van der Waals surface area contributed by atoms with Crippen LogP contribution in [0.1, 0.15) is 42.9 Å². The summed E-state index contributed by atoms with van der Waals surface area (Å²) in [7, 11) is 0. The van der Waals surface area contributed by atoms with Crippen LogP contribution in [-0.2, 0) is 11.3 Å². The molecule has 168 valence electrons. The van der Waals surface area contributed by atoms with Crippen molar-refractivity contribution in [2.75, 3.05) is 26.2 Å². The molecule has 0 unspecified atom stereocenters. The molecular formula is C25H31N5O2. The van der Waals surface area contributed by atoms with Gasteiger partial charge in [-0.15, -0.1) is 0 Å². The number of amides is 1. The summed E-state index contributed by atoms with van der Waals surface area (Å²) in [6.07, 6.45) is 7.16. The van der Waals surface area contributed by atoms with Crippen LogP contribution < -0.4 is 5.69 Å². The quantitative estimate of drug-likeness (QED) is 0.686. The molecule has 0 atom stereocenters. The molecule has 1 aromatic carbocycles. The van der Waals surface area contributed by atoms with Crippen molar-refractivity contribution in [3.63, 3.8) is 0 Å². The molecule has 2 aromatic heterocycles. The molecular weight excluding hydrogens is 402 g/mol. The van der Waals surface area contributed by atoms with Crippen LogP contribution in [0.3, 0.4) is 0 Å². The summed E-state index contributed by atoms with van der Waals surface area (Å²) in [5, 5.41) is 0. The molecule has 1 amide bonds. The van der Waals surface area contributed by atoms with Crippen LogP contribution in [0.2, 0.25) is 0 Å². The highest BCUT2D eigenvalue weighted by Gasteiger charge is 2.32. The van der Waals surface area contributed by atoms with E-state index < -0.39 is 0 Å². The number of hydrogen-bond acceptors (Lipinski definition) is 4. The van der Waals surface area contributed by atoms with Gasteiger partial charge in [-0.3, -0.25) is 19.2 Å². The Hall–Kier alpha value is -2.93. The lowest BCUT2D eigenvalue weighted by Gasteiger charge is -2.37. The molecule has 0 radical (unpaired) electrons. The van der Waals surface area contributed by atoms with Crippen LogP contribution in [0.25, 0.3) is 11.0 Å². The second-order valence-electron chi connectivity index (χ2n) is 9.28. The van der Waals surface area contributed by atoms with Crippen molar-refractivity contribution in [1.82, 2.24) is 24.3 Å². The Balaban J connectivity index is 1.16. The summed E-state index contributed by atoms with van der Waals surface area (Å²) in [5.41, 5.74) is 4.23. The van der Waals surface area contributed by atoms with Gasteiger partial charge in [0.2, 0.25) is 5.91 Å². The van der Waals surface area contributed by atoms with Gasteiger partial charge >= 0.3 is 5.69 Å². The third-order valence-electron chi connectivity index (χ3n) is 7.11. The SMILES string of the molecule is Cc1ccc2c(c1)[nH]c(=O)n2C1CCN(C(=O)C2CCN(Cc3ccncc3)CC2)CC1. The summed E-state index contributed by atoms with van der Waals surface area (Å²) in [6, 6.07) is 10.4. The standard InChI is InChI=1S/C25H31N5O2/c1-18-2-3-23-22(16-18)27-25(32)30(23)21-8-14-29(15-9-21)24(31)20-6-12-28(13-7-20)17-19-4-10-26-11-5-19/h2-5,10-11,16,20-21H,6-9,12-15,17H2,1H3,(H,27,32). The lowest BCUT2D eigenvalue weighted by molar-refractivity contribution is -0.138. The summed E-state index contributed by atoms with van der Waals surface area (Å²) < 4.78 is 1.90. The number of aryl methyl sites for hydroxylation is 1. The van der Waals surface area contributed by atoms with Gasteiger partial charge in [-0.2, -0.15) is 0 Å². The van der Waals surface area contributed by atoms with Crippen molar-refractivity contribution >= 4 is 16.9 Å². The number of imidazole rings is 1. The molecule has 7 heteroatoms. The van der Waals surface area contributed by atoms with Crippen molar-refractivity contribution in [3.8, 4) is 0 Å². The van der Waals surface area contributed by atoms with Crippen LogP contribution in [0, 0.1) is 12.8 Å². The maximum absolute atomic E-state index is 13.2. The molecule has 2 aliphatic rings. The molecule has 4 heterocycles. The number of aromatic amines is 1. The van der Waals surface area contributed by atoms with Crippen molar-refractivity contribution in [2.24, 2.45) is 5.92 Å². The van der Waals surface area contributed by atoms with Crippen LogP contribution >= 0.6 is 0 Å². The number of carbonyl (C=O) groups is 1. The van der Waals surface area contributed by atoms with E-state index in [4.69, 9.17) is 0 Å². The fraction of sp³-hybridized carbons (Fsp3) is 0.480. The van der Waals surface area contributed by atoms with Gasteiger partial charge in [0.05, 0.1) is 11.0 Å². The summed E-state index contributed by atoms with van der Waals surface area (Å²) in [4.78, 5) is 37.3. The summed E-state index contributed by atoms with van der Waals surface area (Å²) >= 11 is 0. The van der Waals surface area contributed by atoms with E-state index in [1.165, 1.54) is 5.56 Å². The van der Waals surface area contributed by atoms with E-state index in [1.54, 1.807) is 0 Å². The van der Waals surface area contributed by atoms with Crippen LogP contribution in [0.15, 0.2) is 47.5 Å². The summed E-state index contributed by atoms with van der Waals surface area (Å²) in [6.45, 7) is 6.33. The van der Waals surface area contributed by atoms with Crippen molar-refractivity contribution in [1.29, 1.82) is 0 Å². The number of H-pyrrole nitrogens is 1. The number of pyridine rings is 1. The molecule has 32 heavy (non-hydrogen) atoms. The monoisotopic (exact) mass is 433 g/mol. The molecule has 1 N–H and O–H groups in total. The van der Waals surface area contributed by atoms with Gasteiger partial charge in [0.1, 0.15) is 0 Å². The van der Waals surface area contributed by atoms with Crippen molar-refractivity contribution in [3.05, 3.63) is 64.3 Å². The zero-order valence-electron chi connectivity index (χ0n) is 18.7. The molecule has 7 nitrogen and oxygen atoms in total. The zero-order valence-corrected chi connectivity index (χ0v) is 18.7. The van der Waals surface area contributed by atoms with E-state index in [0.717, 1.165) is 75.0 Å². The molecule has 5 rings (SSSR count). The largest absolute Gasteiger partial charge is 0.342 e. The number of carbonyl (C=O) groups excluding carboxylic acids is 1. The number of nitrogens with zero attached hydrogens (tertiary/aromatic N) is 4. The highest BCUT2D eigenvalue weighted by atomic mass is 16.2. The number of benzene rings is 1. The summed E-state index contributed by atoms with van der Waals surface area (Å²) in [5.74, 6) is 0.424. The molecule has 0 saturated carbocycles. The fourth-order valence-corrected chi connectivity index (χ4v) is 5.29. The first-order valence-corrected chi connectivity index (χ1v) is 11.7. The Morgan fingerprint density at radius 3 is 2.47 bits per heavy atom. The van der Waals surface area contributed by atoms with E-state index in [1.807, 2.05) is 47.0 Å². The maximum atomic E-state index is 13.2. The number of likely N-dealkylation sites (tertiary alicyclic amines) is 2. The second kappa shape index (κ2) is 8.90. The van der Waals surface area contributed by atoms with E-state index in [2.05, 4.69) is 27.0 Å². The van der Waals surface area contributed by atoms with E-state index >= 15 is 0 Å². The number of piperidine rings is 2. The Bertz CT molecular complexity index is 1140. The van der Waals surface area contributed by atoms with Gasteiger partial charge in [-0.1, -0.05) is 6.07 Å². The first-order valence-electron chi connectivity index (χ1n) is 11.7. The van der Waals surface area contributed by atoms with Gasteiger partial charge in [0.15, 0.2) is 0 Å². The van der Waals surface area contributed by atoms with E-state index in [9.17, 15) is 9.59 Å². The molecule has 0 aliphatic carbocycles. The topological polar surface area (TPSA) is 74.2 Å². The van der Waals surface area contributed by atoms with Crippen molar-refractivity contribution < 1.29 is 4.79 Å². The smallest absolute Gasteiger partial charge is 0.326 e. The maximum Gasteiger partial charge on any atom is 0.326 e. The molecule has 2 fully saturated rings. The number of aromatic nitrogens is 3. The Kier molecular flexibility index (Phi) is 5.83. The number of fused-ring (bicyclic) bond motifs is 1. The third-order valence-corrected chi connectivity index (χ3v) is 7.11. The lowest BCUT2D eigenvalue weighted by Crippen LogP contribution is -2.46. The van der Waals surface area contributed by atoms with Crippen LogP contribution in [0.4, 0.5) is 0 Å². The molecule has 0 spiro atoms. The van der Waals surface area contributed by atoms with Gasteiger partial charge in [0.25, 0.3) is 0 Å². The van der Waals surface area contributed by atoms with Crippen LogP contribution in [-0.4, -0.2) is 56.4 Å². The number of rotatable bonds is 4. The predicted octanol–water partition coefficient (Wildman–Crippen LogP) is 3.11. The predicted molar refractivity (Wildman–Crippen MR) is 124 cm³/mol. The molecule has 2 saturated heterocycles. The number of hydrogen-bond donors (Lipinski definition) is 1. The Morgan fingerprint density at radius 1 is 1.03 bits per heavy atom. The molecule has 0 bridgehead atoms. The lowest BCUT2D eigenvalue weighted by atomic mass is 9.93. The first-order chi connectivity index (χ1) is 15.6. The zero-order chi connectivity index (χ0) is 22.1. The van der Waals surface area contributed by atoms with Crippen molar-refractivity contribution in [2.45, 2.75) is 45.2 Å². The second-order valence-corrected chi connectivity index (χ2v) is 9.28. The molecule has 3 aromatic rings. The van der Waals surface area contributed by atoms with Gasteiger partial charge in [-0.25, -0.2) is 4.79 Å². The average Bonchev–Trinajstić information content (AvgIpc) is 3.14. The van der Waals surface area contributed by atoms with Gasteiger partial charge in [0, 0.05) is 44.0 Å². The van der Waals surface area contributed by atoms with E-state index in [-0.39, 0.29) is 17.6 Å². The van der Waals surface area contributed by atoms with Gasteiger partial charge < -0.3 is 9.88 Å². The Labute approximate surface area is 188 Å². The van der Waals surface area contributed by atoms with E-state index in [0.29, 0.717) is 5.91 Å².